The number of likely N-dealkylation sites (tertiary alicyclic amines) is 1. The van der Waals surface area contributed by atoms with Crippen molar-refractivity contribution >= 4 is 10.0 Å². The molecule has 1 unspecified atom stereocenters. The van der Waals surface area contributed by atoms with Crippen molar-refractivity contribution in [3.8, 4) is 0 Å². The summed E-state index contributed by atoms with van der Waals surface area (Å²) in [5.74, 6) is 0.567. The van der Waals surface area contributed by atoms with Crippen molar-refractivity contribution in [2.24, 2.45) is 11.1 Å². The van der Waals surface area contributed by atoms with Crippen LogP contribution in [0, 0.1) is 5.92 Å². The van der Waals surface area contributed by atoms with Crippen LogP contribution < -0.4 is 10.5 Å². The average molecular weight is 263 g/mol. The number of primary sulfonamides is 1. The van der Waals surface area contributed by atoms with Gasteiger partial charge in [-0.3, -0.25) is 0 Å². The van der Waals surface area contributed by atoms with E-state index in [1.54, 1.807) is 0 Å². The highest BCUT2D eigenvalue weighted by molar-refractivity contribution is 7.89. The van der Waals surface area contributed by atoms with E-state index in [4.69, 9.17) is 5.14 Å². The molecule has 0 aromatic rings. The van der Waals surface area contributed by atoms with E-state index in [0.717, 1.165) is 13.1 Å². The van der Waals surface area contributed by atoms with Gasteiger partial charge in [0.25, 0.3) is 0 Å². The van der Waals surface area contributed by atoms with Crippen LogP contribution in [0.1, 0.15) is 26.2 Å². The second-order valence-corrected chi connectivity index (χ2v) is 6.77. The smallest absolute Gasteiger partial charge is 0.210 e. The summed E-state index contributed by atoms with van der Waals surface area (Å²) in [4.78, 5) is 2.50. The number of sulfonamides is 1. The normalized spacial score (nSPS) is 20.4. The first-order valence-electron chi connectivity index (χ1n) is 6.41. The fourth-order valence-electron chi connectivity index (χ4n) is 2.21. The standard InChI is InChI=1S/C11H25N3O2S/c1-11(9-13-5-8-17(12,15)16)10-14-6-3-2-4-7-14/h11,13H,2-10H2,1H3,(H2,12,15,16). The molecule has 0 aromatic carbocycles. The lowest BCUT2D eigenvalue weighted by Gasteiger charge is -2.29. The topological polar surface area (TPSA) is 75.4 Å². The Labute approximate surface area is 105 Å². The van der Waals surface area contributed by atoms with Crippen LogP contribution in [0.5, 0.6) is 0 Å². The zero-order valence-corrected chi connectivity index (χ0v) is 11.5. The van der Waals surface area contributed by atoms with Gasteiger partial charge < -0.3 is 10.2 Å². The predicted molar refractivity (Wildman–Crippen MR) is 70.3 cm³/mol. The molecule has 17 heavy (non-hydrogen) atoms. The van der Waals surface area contributed by atoms with E-state index < -0.39 is 10.0 Å². The summed E-state index contributed by atoms with van der Waals surface area (Å²) in [5.41, 5.74) is 0. The molecule has 0 aliphatic carbocycles. The Kier molecular flexibility index (Phi) is 6.40. The van der Waals surface area contributed by atoms with Gasteiger partial charge in [0, 0.05) is 13.1 Å². The molecule has 3 N–H and O–H groups in total. The monoisotopic (exact) mass is 263 g/mol. The molecule has 1 atom stereocenters. The second-order valence-electron chi connectivity index (χ2n) is 5.04. The summed E-state index contributed by atoms with van der Waals surface area (Å²) < 4.78 is 21.4. The van der Waals surface area contributed by atoms with Crippen LogP contribution in [-0.4, -0.2) is 51.8 Å². The van der Waals surface area contributed by atoms with Crippen molar-refractivity contribution in [3.05, 3.63) is 0 Å². The Bertz CT molecular complexity index is 300. The lowest BCUT2D eigenvalue weighted by molar-refractivity contribution is 0.199. The third-order valence-corrected chi connectivity index (χ3v) is 3.85. The minimum absolute atomic E-state index is 0.0173. The van der Waals surface area contributed by atoms with E-state index in [-0.39, 0.29) is 5.75 Å². The minimum atomic E-state index is -3.32. The summed E-state index contributed by atoms with van der Waals surface area (Å²) in [6.45, 7) is 7.01. The number of piperidine rings is 1. The maximum Gasteiger partial charge on any atom is 0.210 e. The van der Waals surface area contributed by atoms with Crippen LogP contribution in [0.25, 0.3) is 0 Å². The summed E-state index contributed by atoms with van der Waals surface area (Å²) in [6, 6.07) is 0. The number of hydrogen-bond acceptors (Lipinski definition) is 4. The summed E-state index contributed by atoms with van der Waals surface area (Å²) in [6.07, 6.45) is 3.98. The average Bonchev–Trinajstić information content (AvgIpc) is 2.25. The molecule has 1 heterocycles. The molecular weight excluding hydrogens is 238 g/mol. The summed E-state index contributed by atoms with van der Waals surface area (Å²) in [5, 5.41) is 8.07. The van der Waals surface area contributed by atoms with Crippen molar-refractivity contribution in [1.29, 1.82) is 0 Å². The van der Waals surface area contributed by atoms with Gasteiger partial charge in [0.2, 0.25) is 10.0 Å². The number of nitrogens with zero attached hydrogens (tertiary/aromatic N) is 1. The predicted octanol–water partition coefficient (Wildman–Crippen LogP) is -0.0135. The number of nitrogens with two attached hydrogens (primary N) is 1. The molecule has 1 aliphatic rings. The Hall–Kier alpha value is -0.170. The van der Waals surface area contributed by atoms with Gasteiger partial charge >= 0.3 is 0 Å². The molecule has 0 aromatic heterocycles. The van der Waals surface area contributed by atoms with Crippen molar-refractivity contribution in [2.75, 3.05) is 38.5 Å². The Morgan fingerprint density at radius 3 is 2.53 bits per heavy atom. The molecule has 5 nitrogen and oxygen atoms in total. The molecule has 0 spiro atoms. The van der Waals surface area contributed by atoms with Gasteiger partial charge in [-0.25, -0.2) is 13.6 Å². The van der Waals surface area contributed by atoms with Crippen molar-refractivity contribution in [2.45, 2.75) is 26.2 Å². The van der Waals surface area contributed by atoms with Gasteiger partial charge in [-0.05, 0) is 38.4 Å². The molecule has 1 fully saturated rings. The van der Waals surface area contributed by atoms with E-state index in [9.17, 15) is 8.42 Å². The molecular formula is C11H25N3O2S. The molecule has 0 saturated carbocycles. The van der Waals surface area contributed by atoms with Crippen molar-refractivity contribution < 1.29 is 8.42 Å². The Balaban J connectivity index is 2.06. The SMILES string of the molecule is CC(CNCCS(N)(=O)=O)CN1CCCCC1. The maximum absolute atomic E-state index is 10.7. The fourth-order valence-corrected chi connectivity index (χ4v) is 2.64. The second kappa shape index (κ2) is 7.31. The van der Waals surface area contributed by atoms with E-state index in [1.807, 2.05) is 0 Å². The van der Waals surface area contributed by atoms with Gasteiger partial charge in [-0.2, -0.15) is 0 Å². The molecule has 0 bridgehead atoms. The van der Waals surface area contributed by atoms with E-state index >= 15 is 0 Å². The van der Waals surface area contributed by atoms with Crippen molar-refractivity contribution in [1.82, 2.24) is 10.2 Å². The van der Waals surface area contributed by atoms with Crippen LogP contribution in [0.3, 0.4) is 0 Å². The van der Waals surface area contributed by atoms with Crippen LogP contribution in [0.2, 0.25) is 0 Å². The molecule has 1 aliphatic heterocycles. The van der Waals surface area contributed by atoms with Crippen LogP contribution in [0.15, 0.2) is 0 Å². The third kappa shape index (κ3) is 7.70. The zero-order valence-electron chi connectivity index (χ0n) is 10.7. The molecule has 1 saturated heterocycles. The van der Waals surface area contributed by atoms with Gasteiger partial charge in [0.1, 0.15) is 0 Å². The van der Waals surface area contributed by atoms with Crippen molar-refractivity contribution in [3.63, 3.8) is 0 Å². The van der Waals surface area contributed by atoms with Crippen LogP contribution in [-0.2, 0) is 10.0 Å². The lowest BCUT2D eigenvalue weighted by Crippen LogP contribution is -2.37. The molecule has 1 rings (SSSR count). The Morgan fingerprint density at radius 1 is 1.29 bits per heavy atom. The molecule has 102 valence electrons. The number of hydrogen-bond donors (Lipinski definition) is 2. The summed E-state index contributed by atoms with van der Waals surface area (Å²) in [7, 11) is -3.32. The maximum atomic E-state index is 10.7. The highest BCUT2D eigenvalue weighted by Crippen LogP contribution is 2.10. The minimum Gasteiger partial charge on any atom is -0.315 e. The largest absolute Gasteiger partial charge is 0.315 e. The van der Waals surface area contributed by atoms with Gasteiger partial charge in [0.15, 0.2) is 0 Å². The highest BCUT2D eigenvalue weighted by Gasteiger charge is 2.13. The third-order valence-electron chi connectivity index (χ3n) is 3.07. The Morgan fingerprint density at radius 2 is 1.94 bits per heavy atom. The van der Waals surface area contributed by atoms with Crippen LogP contribution >= 0.6 is 0 Å². The quantitative estimate of drug-likeness (QED) is 0.633. The van der Waals surface area contributed by atoms with Gasteiger partial charge in [0.05, 0.1) is 5.75 Å². The number of rotatable bonds is 7. The van der Waals surface area contributed by atoms with E-state index in [2.05, 4.69) is 17.1 Å². The first kappa shape index (κ1) is 14.9. The highest BCUT2D eigenvalue weighted by atomic mass is 32.2. The van der Waals surface area contributed by atoms with E-state index in [0.29, 0.717) is 12.5 Å². The molecule has 0 radical (unpaired) electrons. The van der Waals surface area contributed by atoms with Gasteiger partial charge in [-0.15, -0.1) is 0 Å². The molecule has 6 heteroatoms. The fraction of sp³-hybridized carbons (Fsp3) is 1.00. The zero-order chi connectivity index (χ0) is 12.7. The van der Waals surface area contributed by atoms with E-state index in [1.165, 1.54) is 32.4 Å². The summed E-state index contributed by atoms with van der Waals surface area (Å²) >= 11 is 0. The first-order valence-corrected chi connectivity index (χ1v) is 8.12. The lowest BCUT2D eigenvalue weighted by atomic mass is 10.1. The molecule has 0 amide bonds. The van der Waals surface area contributed by atoms with Crippen LogP contribution in [0.4, 0.5) is 0 Å². The first-order chi connectivity index (χ1) is 7.97. The number of nitrogens with one attached hydrogen (secondary N) is 1. The van der Waals surface area contributed by atoms with Gasteiger partial charge in [-0.1, -0.05) is 13.3 Å².